The van der Waals surface area contributed by atoms with Crippen molar-refractivity contribution in [3.63, 3.8) is 0 Å². The molecule has 0 aromatic carbocycles. The summed E-state index contributed by atoms with van der Waals surface area (Å²) < 4.78 is 0. The number of carbonyl (C=O) groups is 4. The van der Waals surface area contributed by atoms with Gasteiger partial charge in [0.15, 0.2) is 29.2 Å². The molecule has 0 amide bonds. The maximum Gasteiger partial charge on any atom is 0.217 e. The molecule has 108 valence electrons. The zero-order valence-electron chi connectivity index (χ0n) is 10.7. The minimum absolute atomic E-state index is 0.458. The molecule has 0 aliphatic carbocycles. The maximum absolute atomic E-state index is 11.5. The molecule has 0 saturated carbocycles. The second-order valence-corrected chi connectivity index (χ2v) is 4.28. The van der Waals surface area contributed by atoms with Crippen LogP contribution in [0.3, 0.4) is 0 Å². The van der Waals surface area contributed by atoms with Crippen LogP contribution in [0.15, 0.2) is 0 Å². The van der Waals surface area contributed by atoms with Gasteiger partial charge in [-0.3, -0.25) is 19.2 Å². The fourth-order valence-electron chi connectivity index (χ4n) is 1.78. The Kier molecular flexibility index (Phi) is 4.84. The highest BCUT2D eigenvalue weighted by atomic mass is 16.4. The van der Waals surface area contributed by atoms with Crippen LogP contribution < -0.4 is 0 Å². The first kappa shape index (κ1) is 17.5. The average Bonchev–Trinajstić information content (AvgIpc) is 2.34. The van der Waals surface area contributed by atoms with Crippen molar-refractivity contribution < 1.29 is 39.6 Å². The Balaban J connectivity index is 6.47. The molecule has 0 aliphatic heterocycles. The third-order valence-electron chi connectivity index (χ3n) is 3.18. The molecule has 8 heteroatoms. The molecule has 0 aliphatic rings. The molecule has 19 heavy (non-hydrogen) atoms. The topological polar surface area (TPSA) is 149 Å². The molecule has 4 N–H and O–H groups in total. The summed E-state index contributed by atoms with van der Waals surface area (Å²) in [6.07, 6.45) is -0.458. The van der Waals surface area contributed by atoms with E-state index in [-0.39, 0.29) is 0 Å². The smallest absolute Gasteiger partial charge is 0.217 e. The quantitative estimate of drug-likeness (QED) is 0.286. The Morgan fingerprint density at radius 3 is 1.53 bits per heavy atom. The number of hydrogen-bond donors (Lipinski definition) is 4. The van der Waals surface area contributed by atoms with Gasteiger partial charge in [0, 0.05) is 0 Å². The molecular formula is C11H16O8. The number of rotatable bonds is 7. The van der Waals surface area contributed by atoms with E-state index >= 15 is 0 Å². The second-order valence-electron chi connectivity index (χ2n) is 4.28. The normalized spacial score (nSPS) is 20.6. The zero-order valence-corrected chi connectivity index (χ0v) is 10.7. The van der Waals surface area contributed by atoms with Crippen LogP contribution in [0.1, 0.15) is 20.8 Å². The minimum atomic E-state index is -3.49. The van der Waals surface area contributed by atoms with Crippen LogP contribution >= 0.6 is 0 Å². The lowest BCUT2D eigenvalue weighted by Crippen LogP contribution is -2.77. The second kappa shape index (κ2) is 5.25. The third-order valence-corrected chi connectivity index (χ3v) is 3.18. The van der Waals surface area contributed by atoms with E-state index < -0.39 is 47.0 Å². The van der Waals surface area contributed by atoms with Crippen molar-refractivity contribution in [1.29, 1.82) is 0 Å². The van der Waals surface area contributed by atoms with E-state index in [1.165, 1.54) is 0 Å². The van der Waals surface area contributed by atoms with Gasteiger partial charge in [-0.15, -0.1) is 0 Å². The van der Waals surface area contributed by atoms with Crippen molar-refractivity contribution in [3.8, 4) is 0 Å². The molecular weight excluding hydrogens is 260 g/mol. The summed E-state index contributed by atoms with van der Waals surface area (Å²) in [4.78, 5) is 45.2. The number of aliphatic hydroxyl groups excluding tert-OH is 1. The number of aldehydes is 1. The molecule has 0 saturated heterocycles. The number of carbonyl (C=O) groups excluding carboxylic acids is 4. The van der Waals surface area contributed by atoms with E-state index in [0.717, 1.165) is 6.92 Å². The van der Waals surface area contributed by atoms with Crippen molar-refractivity contribution in [2.24, 2.45) is 0 Å². The highest BCUT2D eigenvalue weighted by Crippen LogP contribution is 2.35. The third kappa shape index (κ3) is 2.12. The summed E-state index contributed by atoms with van der Waals surface area (Å²) in [5.74, 6) is -4.09. The molecule has 0 aromatic rings. The molecule has 0 fully saturated rings. The molecule has 0 spiro atoms. The Morgan fingerprint density at radius 2 is 1.37 bits per heavy atom. The average molecular weight is 276 g/mol. The van der Waals surface area contributed by atoms with Gasteiger partial charge >= 0.3 is 0 Å². The number of Topliss-reactive ketones (excluding diaryl/α,β-unsaturated/α-hetero) is 3. The fourth-order valence-corrected chi connectivity index (χ4v) is 1.78. The first-order valence-corrected chi connectivity index (χ1v) is 5.23. The molecule has 0 rings (SSSR count). The van der Waals surface area contributed by atoms with Crippen molar-refractivity contribution in [1.82, 2.24) is 0 Å². The van der Waals surface area contributed by atoms with Crippen LogP contribution in [0, 0.1) is 0 Å². The number of aliphatic hydroxyl groups is 4. The van der Waals surface area contributed by atoms with Crippen molar-refractivity contribution in [3.05, 3.63) is 0 Å². The lowest BCUT2D eigenvalue weighted by molar-refractivity contribution is -0.228. The fraction of sp³-hybridized carbons (Fsp3) is 0.636. The van der Waals surface area contributed by atoms with Gasteiger partial charge in [-0.05, 0) is 20.8 Å². The highest BCUT2D eigenvalue weighted by Gasteiger charge is 2.69. The van der Waals surface area contributed by atoms with Gasteiger partial charge < -0.3 is 20.4 Å². The standard InChI is InChI=1S/C11H16O8/c1-6(14)9(17,4-12)11(19,8(3)16)10(18,5-13)7(2)15/h4,13,17-19H,5H2,1-3H3/t9-,10-,11-/m0/s1. The SMILES string of the molecule is CC(=O)[C@](O)([C@](O)(C=O)C(C)=O)[C@](O)(CO)C(C)=O. The van der Waals surface area contributed by atoms with Crippen LogP contribution in [0.5, 0.6) is 0 Å². The van der Waals surface area contributed by atoms with Crippen LogP contribution in [-0.4, -0.2) is 67.5 Å². The van der Waals surface area contributed by atoms with Crippen LogP contribution in [0.4, 0.5) is 0 Å². The van der Waals surface area contributed by atoms with Gasteiger partial charge in [0.25, 0.3) is 0 Å². The van der Waals surface area contributed by atoms with Crippen LogP contribution in [0.2, 0.25) is 0 Å². The first-order chi connectivity index (χ1) is 8.45. The lowest BCUT2D eigenvalue weighted by atomic mass is 9.66. The predicted molar refractivity (Wildman–Crippen MR) is 60.0 cm³/mol. The predicted octanol–water partition coefficient (Wildman–Crippen LogP) is -2.86. The lowest BCUT2D eigenvalue weighted by Gasteiger charge is -2.45. The molecule has 0 bridgehead atoms. The minimum Gasteiger partial charge on any atom is -0.393 e. The van der Waals surface area contributed by atoms with Gasteiger partial charge in [0.1, 0.15) is 0 Å². The van der Waals surface area contributed by atoms with Crippen molar-refractivity contribution in [2.75, 3.05) is 6.61 Å². The summed E-state index contributed by atoms with van der Waals surface area (Å²) in [7, 11) is 0. The van der Waals surface area contributed by atoms with Crippen molar-refractivity contribution >= 4 is 23.6 Å². The van der Waals surface area contributed by atoms with E-state index in [9.17, 15) is 34.5 Å². The van der Waals surface area contributed by atoms with Gasteiger partial charge in [0.2, 0.25) is 11.2 Å². The number of hydrogen-bond acceptors (Lipinski definition) is 8. The number of ketones is 3. The molecule has 0 heterocycles. The Morgan fingerprint density at radius 1 is 0.947 bits per heavy atom. The van der Waals surface area contributed by atoms with Crippen molar-refractivity contribution in [2.45, 2.75) is 37.6 Å². The molecule has 8 nitrogen and oxygen atoms in total. The van der Waals surface area contributed by atoms with E-state index in [1.54, 1.807) is 0 Å². The summed E-state index contributed by atoms with van der Waals surface area (Å²) >= 11 is 0. The molecule has 0 unspecified atom stereocenters. The van der Waals surface area contributed by atoms with Gasteiger partial charge in [-0.2, -0.15) is 0 Å². The van der Waals surface area contributed by atoms with E-state index in [2.05, 4.69) is 0 Å². The maximum atomic E-state index is 11.5. The summed E-state index contributed by atoms with van der Waals surface area (Å²) in [6.45, 7) is 0.582. The van der Waals surface area contributed by atoms with Gasteiger partial charge in [-0.1, -0.05) is 0 Å². The molecule has 0 aromatic heterocycles. The Hall–Kier alpha value is -1.48. The van der Waals surface area contributed by atoms with Gasteiger partial charge in [-0.25, -0.2) is 0 Å². The van der Waals surface area contributed by atoms with E-state index in [1.807, 2.05) is 0 Å². The zero-order chi connectivity index (χ0) is 15.6. The Bertz CT molecular complexity index is 430. The van der Waals surface area contributed by atoms with E-state index in [0.29, 0.717) is 13.8 Å². The Labute approximate surface area is 108 Å². The summed E-state index contributed by atoms with van der Waals surface area (Å²) in [5.41, 5.74) is -10.0. The highest BCUT2D eigenvalue weighted by molar-refractivity contribution is 6.11. The van der Waals surface area contributed by atoms with Gasteiger partial charge in [0.05, 0.1) is 6.61 Å². The first-order valence-electron chi connectivity index (χ1n) is 5.23. The largest absolute Gasteiger partial charge is 0.393 e. The van der Waals surface area contributed by atoms with Crippen LogP contribution in [0.25, 0.3) is 0 Å². The molecule has 0 radical (unpaired) electrons. The van der Waals surface area contributed by atoms with E-state index in [4.69, 9.17) is 5.11 Å². The summed E-state index contributed by atoms with van der Waals surface area (Å²) in [5, 5.41) is 39.1. The molecule has 3 atom stereocenters. The van der Waals surface area contributed by atoms with Crippen LogP contribution in [-0.2, 0) is 19.2 Å². The monoisotopic (exact) mass is 276 g/mol. The summed E-state index contributed by atoms with van der Waals surface area (Å²) in [6, 6.07) is 0.